The highest BCUT2D eigenvalue weighted by atomic mass is 32.3. The van der Waals surface area contributed by atoms with E-state index in [1.165, 1.54) is 35.2 Å². The van der Waals surface area contributed by atoms with Crippen molar-refractivity contribution in [2.75, 3.05) is 91.8 Å². The summed E-state index contributed by atoms with van der Waals surface area (Å²) in [4.78, 5) is 2.37. The average molecular weight is 713 g/mol. The second-order valence-electron chi connectivity index (χ2n) is 8.25. The van der Waals surface area contributed by atoms with E-state index in [1.54, 1.807) is 0 Å². The number of hydrogen-bond donors (Lipinski definition) is 0. The number of ether oxygens (including phenoxy) is 7. The minimum atomic E-state index is 0.426. The molecule has 4 aliphatic heterocycles. The minimum absolute atomic E-state index is 0.426. The number of hydrogen-bond acceptors (Lipinski definition) is 15. The van der Waals surface area contributed by atoms with E-state index >= 15 is 0 Å². The summed E-state index contributed by atoms with van der Waals surface area (Å²) >= 11 is 14.9. The summed E-state index contributed by atoms with van der Waals surface area (Å²) in [6.07, 6.45) is 4.32. The fourth-order valence-corrected chi connectivity index (χ4v) is 14.7. The van der Waals surface area contributed by atoms with Crippen LogP contribution in [-0.4, -0.2) is 91.8 Å². The molecule has 0 amide bonds. The molecule has 1 aromatic rings. The highest BCUT2D eigenvalue weighted by molar-refractivity contribution is 8.45. The van der Waals surface area contributed by atoms with Crippen molar-refractivity contribution in [3.05, 3.63) is 37.6 Å². The Morgan fingerprint density at radius 1 is 0.439 bits per heavy atom. The molecule has 0 radical (unpaired) electrons. The maximum Gasteiger partial charge on any atom is 0.162 e. The zero-order valence-electron chi connectivity index (χ0n) is 22.8. The van der Waals surface area contributed by atoms with Crippen molar-refractivity contribution in [1.29, 1.82) is 0 Å². The quantitative estimate of drug-likeness (QED) is 0.299. The minimum Gasteiger partial charge on any atom is -0.487 e. The van der Waals surface area contributed by atoms with Crippen LogP contribution in [0.3, 0.4) is 0 Å². The molecule has 0 N–H and O–H groups in total. The molecule has 7 nitrogen and oxygen atoms in total. The third-order valence-electron chi connectivity index (χ3n) is 5.49. The van der Waals surface area contributed by atoms with Crippen LogP contribution in [0.2, 0.25) is 0 Å². The molecule has 5 rings (SSSR count). The molecule has 0 bridgehead atoms. The Kier molecular flexibility index (Phi) is 14.5. The van der Waals surface area contributed by atoms with Gasteiger partial charge in [-0.05, 0) is 24.6 Å². The summed E-state index contributed by atoms with van der Waals surface area (Å²) in [5.41, 5.74) is 0. The van der Waals surface area contributed by atoms with Gasteiger partial charge in [-0.2, -0.15) is 0 Å². The predicted molar refractivity (Wildman–Crippen MR) is 182 cm³/mol. The van der Waals surface area contributed by atoms with Gasteiger partial charge >= 0.3 is 0 Å². The Morgan fingerprint density at radius 3 is 1.12 bits per heavy atom. The Bertz CT molecular complexity index is 1060. The van der Waals surface area contributed by atoms with Gasteiger partial charge in [0.1, 0.15) is 13.2 Å². The molecule has 0 saturated carbocycles. The van der Waals surface area contributed by atoms with E-state index in [-0.39, 0.29) is 0 Å². The summed E-state index contributed by atoms with van der Waals surface area (Å²) < 4.78 is 48.6. The van der Waals surface area contributed by atoms with E-state index in [9.17, 15) is 0 Å². The molecule has 0 atom stereocenters. The Balaban J connectivity index is 1.22. The molecule has 1 aromatic carbocycles. The van der Waals surface area contributed by atoms with Gasteiger partial charge in [-0.15, -0.1) is 23.5 Å². The van der Waals surface area contributed by atoms with Gasteiger partial charge < -0.3 is 33.2 Å². The van der Waals surface area contributed by atoms with Gasteiger partial charge in [-0.3, -0.25) is 0 Å². The van der Waals surface area contributed by atoms with E-state index in [1.807, 2.05) is 94.1 Å². The fraction of sp³-hybridized carbons (Fsp3) is 0.538. The molecule has 4 heterocycles. The molecule has 226 valence electrons. The molecule has 41 heavy (non-hydrogen) atoms. The Morgan fingerprint density at radius 2 is 0.756 bits per heavy atom. The first kappa shape index (κ1) is 33.0. The summed E-state index contributed by atoms with van der Waals surface area (Å²) in [6.45, 7) is 6.01. The molecule has 0 unspecified atom stereocenters. The first-order valence-corrected chi connectivity index (χ1v) is 20.3. The molecule has 4 aliphatic rings. The van der Waals surface area contributed by atoms with Crippen molar-refractivity contribution in [1.82, 2.24) is 0 Å². The normalized spacial score (nSPS) is 22.4. The van der Waals surface area contributed by atoms with E-state index < -0.39 is 0 Å². The smallest absolute Gasteiger partial charge is 0.162 e. The van der Waals surface area contributed by atoms with Gasteiger partial charge in [-0.25, -0.2) is 0 Å². The third-order valence-corrected chi connectivity index (χ3v) is 16.8. The lowest BCUT2D eigenvalue weighted by Crippen LogP contribution is -2.14. The van der Waals surface area contributed by atoms with E-state index in [2.05, 4.69) is 24.6 Å². The highest BCUT2D eigenvalue weighted by Gasteiger charge is 2.34. The lowest BCUT2D eigenvalue weighted by atomic mass is 10.3. The predicted octanol–water partition coefficient (Wildman–Crippen LogP) is 7.80. The monoisotopic (exact) mass is 712 g/mol. The third kappa shape index (κ3) is 9.81. The maximum atomic E-state index is 6.17. The van der Waals surface area contributed by atoms with Crippen molar-refractivity contribution in [3.8, 4) is 11.5 Å². The highest BCUT2D eigenvalue weighted by Crippen LogP contribution is 2.69. The van der Waals surface area contributed by atoms with E-state index in [0.717, 1.165) is 11.5 Å². The second kappa shape index (κ2) is 18.0. The van der Waals surface area contributed by atoms with Crippen LogP contribution in [0.15, 0.2) is 47.3 Å². The van der Waals surface area contributed by atoms with Crippen LogP contribution in [0.25, 0.3) is 0 Å². The van der Waals surface area contributed by atoms with Crippen LogP contribution >= 0.6 is 94.1 Å². The average Bonchev–Trinajstić information content (AvgIpc) is 3.60. The van der Waals surface area contributed by atoms with Gasteiger partial charge in [0.2, 0.25) is 0 Å². The first-order chi connectivity index (χ1) is 20.2. The Hall–Kier alpha value is 0.640. The van der Waals surface area contributed by atoms with Gasteiger partial charge in [-0.1, -0.05) is 70.6 Å². The number of benzene rings is 1. The van der Waals surface area contributed by atoms with Crippen LogP contribution in [0.4, 0.5) is 0 Å². The van der Waals surface area contributed by atoms with Crippen molar-refractivity contribution in [2.24, 2.45) is 0 Å². The molecular formula is C26H32O7S8. The fourth-order valence-electron chi connectivity index (χ4n) is 3.60. The van der Waals surface area contributed by atoms with Crippen molar-refractivity contribution >= 4 is 94.1 Å². The molecular weight excluding hydrogens is 681 g/mol. The molecule has 15 heteroatoms. The van der Waals surface area contributed by atoms with Crippen LogP contribution in [-0.2, 0) is 23.7 Å². The van der Waals surface area contributed by atoms with Crippen molar-refractivity contribution < 1.29 is 33.2 Å². The number of rotatable bonds is 2. The Labute approximate surface area is 275 Å². The standard InChI is InChI=1S/C26H32O7S8/c1-34-21-22(35-2)39-25(38-21)26-40-23-24(41-26)37-20-16-18-17(15-19(20)36-23)32-13-11-30-9-7-28-5-3-27-4-6-29-8-10-31-12-14-33-18/h15-16H,3-14H2,1-2H3. The molecule has 0 saturated heterocycles. The van der Waals surface area contributed by atoms with Crippen molar-refractivity contribution in [3.63, 3.8) is 0 Å². The molecule has 0 aliphatic carbocycles. The molecule has 0 spiro atoms. The summed E-state index contributed by atoms with van der Waals surface area (Å²) in [5, 5.41) is 0. The zero-order valence-corrected chi connectivity index (χ0v) is 29.3. The summed E-state index contributed by atoms with van der Waals surface area (Å²) in [5.74, 6) is 1.45. The summed E-state index contributed by atoms with van der Waals surface area (Å²) in [7, 11) is 0. The number of thioether (sulfide) groups is 8. The maximum absolute atomic E-state index is 6.17. The lowest BCUT2D eigenvalue weighted by molar-refractivity contribution is -0.0134. The lowest BCUT2D eigenvalue weighted by Gasteiger charge is -2.20. The molecule has 0 fully saturated rings. The largest absolute Gasteiger partial charge is 0.487 e. The van der Waals surface area contributed by atoms with Crippen LogP contribution < -0.4 is 9.47 Å². The van der Waals surface area contributed by atoms with Crippen LogP contribution in [0.5, 0.6) is 11.5 Å². The van der Waals surface area contributed by atoms with Crippen LogP contribution in [0, 0.1) is 0 Å². The van der Waals surface area contributed by atoms with Gasteiger partial charge in [0, 0.05) is 9.79 Å². The van der Waals surface area contributed by atoms with Gasteiger partial charge in [0.15, 0.2) is 11.5 Å². The van der Waals surface area contributed by atoms with E-state index in [0.29, 0.717) is 79.3 Å². The van der Waals surface area contributed by atoms with Gasteiger partial charge in [0.05, 0.1) is 91.5 Å². The summed E-state index contributed by atoms with van der Waals surface area (Å²) in [6, 6.07) is 4.21. The number of fused-ring (bicyclic) bond motifs is 2. The van der Waals surface area contributed by atoms with Crippen molar-refractivity contribution in [2.45, 2.75) is 9.79 Å². The van der Waals surface area contributed by atoms with Gasteiger partial charge in [0.25, 0.3) is 0 Å². The topological polar surface area (TPSA) is 64.6 Å². The van der Waals surface area contributed by atoms with Crippen LogP contribution in [0.1, 0.15) is 0 Å². The first-order valence-electron chi connectivity index (χ1n) is 13.0. The van der Waals surface area contributed by atoms with E-state index in [4.69, 9.17) is 33.2 Å². The molecule has 0 aromatic heterocycles. The second-order valence-corrected chi connectivity index (χ2v) is 17.6. The zero-order chi connectivity index (χ0) is 28.3. The SMILES string of the molecule is CSC1=C(SC)SC(=C2SC3=C(S2)Sc2cc4c(cc2S3)OCCOCCOCCOCCOCCOCCO4)S1.